The summed E-state index contributed by atoms with van der Waals surface area (Å²) >= 11 is 0. The van der Waals surface area contributed by atoms with Gasteiger partial charge in [0.1, 0.15) is 6.07 Å². The lowest BCUT2D eigenvalue weighted by Gasteiger charge is -2.35. The van der Waals surface area contributed by atoms with Crippen LogP contribution in [0.5, 0.6) is 0 Å². The maximum atomic E-state index is 12.5. The van der Waals surface area contributed by atoms with E-state index in [9.17, 15) is 10.1 Å². The highest BCUT2D eigenvalue weighted by molar-refractivity contribution is 5.75. The van der Waals surface area contributed by atoms with Crippen LogP contribution in [0.1, 0.15) is 31.9 Å². The van der Waals surface area contributed by atoms with Gasteiger partial charge in [-0.2, -0.15) is 10.2 Å². The number of furan rings is 1. The summed E-state index contributed by atoms with van der Waals surface area (Å²) in [6.45, 7) is 4.53. The smallest absolute Gasteiger partial charge is 0.317 e. The van der Waals surface area contributed by atoms with E-state index in [0.29, 0.717) is 49.6 Å². The number of rotatable bonds is 3. The minimum Gasteiger partial charge on any atom is -0.459 e. The molecular formula is C19H23N5O3. The molecule has 2 aromatic heterocycles. The monoisotopic (exact) mass is 369 g/mol. The second-order valence-electron chi connectivity index (χ2n) is 7.20. The van der Waals surface area contributed by atoms with Crippen molar-refractivity contribution >= 4 is 11.9 Å². The molecule has 2 fully saturated rings. The molecule has 8 nitrogen and oxygen atoms in total. The zero-order valence-corrected chi connectivity index (χ0v) is 15.4. The van der Waals surface area contributed by atoms with Gasteiger partial charge in [-0.1, -0.05) is 13.3 Å². The summed E-state index contributed by atoms with van der Waals surface area (Å²) in [4.78, 5) is 20.5. The van der Waals surface area contributed by atoms with Crippen LogP contribution < -0.4 is 10.2 Å². The highest BCUT2D eigenvalue weighted by Crippen LogP contribution is 2.29. The van der Waals surface area contributed by atoms with Gasteiger partial charge in [0.2, 0.25) is 11.6 Å². The molecule has 1 N–H and O–H groups in total. The average Bonchev–Trinajstić information content (AvgIpc) is 3.43. The normalized spacial score (nSPS) is 22.7. The molecule has 0 radical (unpaired) electrons. The first-order valence-electron chi connectivity index (χ1n) is 9.41. The predicted molar refractivity (Wildman–Crippen MR) is 98.0 cm³/mol. The molecule has 0 spiro atoms. The topological polar surface area (TPSA) is 98.5 Å². The van der Waals surface area contributed by atoms with Gasteiger partial charge < -0.3 is 24.0 Å². The van der Waals surface area contributed by atoms with Gasteiger partial charge in [-0.25, -0.2) is 4.79 Å². The number of nitrogens with zero attached hydrogens (tertiary/aromatic N) is 4. The Bertz CT molecular complexity index is 830. The fraction of sp³-hybridized carbons (Fsp3) is 0.526. The summed E-state index contributed by atoms with van der Waals surface area (Å²) in [6, 6.07) is 5.85. The molecule has 1 saturated carbocycles. The van der Waals surface area contributed by atoms with E-state index < -0.39 is 0 Å². The lowest BCUT2D eigenvalue weighted by molar-refractivity contribution is 0.187. The standard InChI is InChI=1S/C19H23N5O3/c1-13-4-2-5-14(13)22-19(25)24-9-7-23(8-10-24)18-15(12-20)21-17(27-18)16-6-3-11-26-16/h3,6,11,13-14H,2,4-5,7-10H2,1H3,(H,22,25)/t13-,14+/m1/s1. The first-order chi connectivity index (χ1) is 13.2. The van der Waals surface area contributed by atoms with Crippen LogP contribution in [0.4, 0.5) is 10.7 Å². The van der Waals surface area contributed by atoms with Crippen molar-refractivity contribution < 1.29 is 13.6 Å². The van der Waals surface area contributed by atoms with E-state index in [1.807, 2.05) is 9.80 Å². The first-order valence-corrected chi connectivity index (χ1v) is 9.41. The van der Waals surface area contributed by atoms with E-state index in [1.165, 1.54) is 19.1 Å². The van der Waals surface area contributed by atoms with E-state index in [0.717, 1.165) is 6.42 Å². The summed E-state index contributed by atoms with van der Waals surface area (Å²) in [6.07, 6.45) is 4.96. The average molecular weight is 369 g/mol. The third-order valence-corrected chi connectivity index (χ3v) is 5.47. The molecule has 0 bridgehead atoms. The lowest BCUT2D eigenvalue weighted by atomic mass is 10.1. The number of hydrogen-bond donors (Lipinski definition) is 1. The number of urea groups is 1. The second-order valence-corrected chi connectivity index (χ2v) is 7.20. The number of anilines is 1. The number of nitrogens with one attached hydrogen (secondary N) is 1. The summed E-state index contributed by atoms with van der Waals surface area (Å²) in [5.41, 5.74) is 0.235. The van der Waals surface area contributed by atoms with E-state index in [4.69, 9.17) is 8.83 Å². The zero-order chi connectivity index (χ0) is 18.8. The van der Waals surface area contributed by atoms with Gasteiger partial charge in [0.05, 0.1) is 6.26 Å². The molecule has 27 heavy (non-hydrogen) atoms. The maximum absolute atomic E-state index is 12.5. The molecule has 4 rings (SSSR count). The van der Waals surface area contributed by atoms with Gasteiger partial charge >= 0.3 is 6.03 Å². The summed E-state index contributed by atoms with van der Waals surface area (Å²) in [5.74, 6) is 1.76. The quantitative estimate of drug-likeness (QED) is 0.893. The van der Waals surface area contributed by atoms with Crippen molar-refractivity contribution in [3.8, 4) is 17.7 Å². The Labute approximate surface area is 157 Å². The molecule has 2 aliphatic rings. The largest absolute Gasteiger partial charge is 0.459 e. The Hall–Kier alpha value is -2.95. The fourth-order valence-corrected chi connectivity index (χ4v) is 3.83. The van der Waals surface area contributed by atoms with E-state index >= 15 is 0 Å². The van der Waals surface area contributed by atoms with Crippen molar-refractivity contribution in [2.24, 2.45) is 5.92 Å². The molecular weight excluding hydrogens is 346 g/mol. The van der Waals surface area contributed by atoms with Gasteiger partial charge in [0, 0.05) is 32.2 Å². The Balaban J connectivity index is 1.39. The van der Waals surface area contributed by atoms with Crippen molar-refractivity contribution in [2.45, 2.75) is 32.2 Å². The highest BCUT2D eigenvalue weighted by Gasteiger charge is 2.30. The molecule has 0 unspecified atom stereocenters. The number of piperazine rings is 1. The van der Waals surface area contributed by atoms with Crippen LogP contribution >= 0.6 is 0 Å². The van der Waals surface area contributed by atoms with Gasteiger partial charge in [-0.15, -0.1) is 0 Å². The van der Waals surface area contributed by atoms with E-state index in [-0.39, 0.29) is 17.8 Å². The molecule has 2 atom stereocenters. The molecule has 2 amide bonds. The molecule has 2 aromatic rings. The minimum absolute atomic E-state index is 0.00255. The van der Waals surface area contributed by atoms with Crippen LogP contribution in [-0.2, 0) is 0 Å². The number of nitriles is 1. The number of carbonyl (C=O) groups is 1. The molecule has 142 valence electrons. The van der Waals surface area contributed by atoms with Gasteiger partial charge in [0.15, 0.2) is 5.76 Å². The Morgan fingerprint density at radius 1 is 1.33 bits per heavy atom. The van der Waals surface area contributed by atoms with Gasteiger partial charge in [-0.05, 0) is 30.9 Å². The molecule has 1 saturated heterocycles. The van der Waals surface area contributed by atoms with E-state index in [1.54, 1.807) is 12.1 Å². The zero-order valence-electron chi connectivity index (χ0n) is 15.4. The van der Waals surface area contributed by atoms with Crippen LogP contribution in [0.2, 0.25) is 0 Å². The van der Waals surface area contributed by atoms with Crippen molar-refractivity contribution in [3.05, 3.63) is 24.1 Å². The Morgan fingerprint density at radius 2 is 2.15 bits per heavy atom. The summed E-state index contributed by atoms with van der Waals surface area (Å²) in [7, 11) is 0. The first kappa shape index (κ1) is 17.5. The van der Waals surface area contributed by atoms with Crippen molar-refractivity contribution in [1.29, 1.82) is 5.26 Å². The van der Waals surface area contributed by atoms with Crippen LogP contribution in [0, 0.1) is 17.2 Å². The molecule has 3 heterocycles. The van der Waals surface area contributed by atoms with Crippen LogP contribution in [0.25, 0.3) is 11.7 Å². The SMILES string of the molecule is C[C@@H]1CCC[C@@H]1NC(=O)N1CCN(c2oc(-c3ccco3)nc2C#N)CC1. The third-order valence-electron chi connectivity index (χ3n) is 5.47. The van der Waals surface area contributed by atoms with Gasteiger partial charge in [0.25, 0.3) is 5.89 Å². The fourth-order valence-electron chi connectivity index (χ4n) is 3.83. The van der Waals surface area contributed by atoms with Crippen LogP contribution in [0.3, 0.4) is 0 Å². The molecule has 1 aliphatic heterocycles. The van der Waals surface area contributed by atoms with Crippen molar-refractivity contribution in [2.75, 3.05) is 31.1 Å². The number of hydrogen-bond acceptors (Lipinski definition) is 6. The molecule has 1 aliphatic carbocycles. The Kier molecular flexibility index (Phi) is 4.75. The summed E-state index contributed by atoms with van der Waals surface area (Å²) in [5, 5.41) is 12.5. The van der Waals surface area contributed by atoms with Crippen LogP contribution in [-0.4, -0.2) is 48.1 Å². The van der Waals surface area contributed by atoms with Crippen molar-refractivity contribution in [1.82, 2.24) is 15.2 Å². The molecule has 0 aromatic carbocycles. The van der Waals surface area contributed by atoms with Crippen molar-refractivity contribution in [3.63, 3.8) is 0 Å². The summed E-state index contributed by atoms with van der Waals surface area (Å²) < 4.78 is 11.1. The molecule has 8 heteroatoms. The van der Waals surface area contributed by atoms with Gasteiger partial charge in [-0.3, -0.25) is 0 Å². The maximum Gasteiger partial charge on any atom is 0.317 e. The Morgan fingerprint density at radius 3 is 2.78 bits per heavy atom. The van der Waals surface area contributed by atoms with Crippen LogP contribution in [0.15, 0.2) is 27.2 Å². The third kappa shape index (κ3) is 3.50. The number of carbonyl (C=O) groups excluding carboxylic acids is 1. The van der Waals surface area contributed by atoms with E-state index in [2.05, 4.69) is 23.3 Å². The minimum atomic E-state index is 0.00255. The predicted octanol–water partition coefficient (Wildman–Crippen LogP) is 2.83. The number of amides is 2. The second kappa shape index (κ2) is 7.35. The number of aromatic nitrogens is 1. The highest BCUT2D eigenvalue weighted by atomic mass is 16.4. The lowest BCUT2D eigenvalue weighted by Crippen LogP contribution is -2.54. The number of oxazole rings is 1.